The van der Waals surface area contributed by atoms with Gasteiger partial charge in [0.05, 0.1) is 11.6 Å². The van der Waals surface area contributed by atoms with Crippen LogP contribution in [0.25, 0.3) is 11.2 Å². The summed E-state index contributed by atoms with van der Waals surface area (Å²) in [6.45, 7) is 2.71. The molecule has 0 aliphatic carbocycles. The smallest absolute Gasteiger partial charge is 0.158 e. The normalized spacial score (nSPS) is 13.3. The van der Waals surface area contributed by atoms with E-state index in [2.05, 4.69) is 17.0 Å². The van der Waals surface area contributed by atoms with E-state index in [9.17, 15) is 4.21 Å². The number of rotatable bonds is 5. The Bertz CT molecular complexity index is 589. The highest BCUT2D eigenvalue weighted by Crippen LogP contribution is 2.21. The van der Waals surface area contributed by atoms with Crippen molar-refractivity contribution in [2.75, 3.05) is 12.0 Å². The van der Waals surface area contributed by atoms with Crippen molar-refractivity contribution in [3.05, 3.63) is 11.5 Å². The topological polar surface area (TPSA) is 52.7 Å². The molecule has 2 heterocycles. The first-order valence-electron chi connectivity index (χ1n) is 5.85. The molecule has 2 aromatic rings. The molecule has 100 valence electrons. The van der Waals surface area contributed by atoms with E-state index < -0.39 is 10.8 Å². The van der Waals surface area contributed by atoms with Crippen LogP contribution in [0.15, 0.2) is 0 Å². The van der Waals surface area contributed by atoms with Crippen LogP contribution in [0.3, 0.4) is 0 Å². The Morgan fingerprint density at radius 3 is 2.72 bits per heavy atom. The second-order valence-corrected chi connectivity index (χ2v) is 6.01. The van der Waals surface area contributed by atoms with Gasteiger partial charge in [0.1, 0.15) is 11.3 Å². The Balaban J connectivity index is 2.54. The third-order valence-electron chi connectivity index (χ3n) is 2.93. The van der Waals surface area contributed by atoms with Crippen LogP contribution in [0.2, 0.25) is 0 Å². The van der Waals surface area contributed by atoms with Crippen molar-refractivity contribution in [1.29, 1.82) is 0 Å². The third kappa shape index (κ3) is 2.31. The predicted octanol–water partition coefficient (Wildman–Crippen LogP) is 1.45. The van der Waals surface area contributed by atoms with Crippen molar-refractivity contribution >= 4 is 33.6 Å². The molecule has 0 bridgehead atoms. The van der Waals surface area contributed by atoms with E-state index >= 15 is 0 Å². The summed E-state index contributed by atoms with van der Waals surface area (Å²) < 4.78 is 15.1. The van der Waals surface area contributed by atoms with Crippen molar-refractivity contribution in [3.8, 4) is 0 Å². The molecule has 0 N–H and O–H groups in total. The van der Waals surface area contributed by atoms with Gasteiger partial charge in [-0.1, -0.05) is 6.92 Å². The zero-order valence-corrected chi connectivity index (χ0v) is 12.4. The Labute approximate surface area is 114 Å². The van der Waals surface area contributed by atoms with Gasteiger partial charge in [-0.05, 0) is 6.42 Å². The standard InChI is InChI=1S/C11H17ClN4OS/c1-4-8-10-11(15(2)14-8)16(5-6-18(3)17)9(7-12)13-10/h4-7H2,1-3H3. The van der Waals surface area contributed by atoms with E-state index in [1.54, 1.807) is 6.26 Å². The van der Waals surface area contributed by atoms with Crippen LogP contribution in [0.4, 0.5) is 0 Å². The lowest BCUT2D eigenvalue weighted by molar-refractivity contribution is 0.664. The minimum Gasteiger partial charge on any atom is -0.311 e. The number of imidazole rings is 1. The van der Waals surface area contributed by atoms with Gasteiger partial charge in [-0.25, -0.2) is 4.98 Å². The first kappa shape index (κ1) is 13.5. The Morgan fingerprint density at radius 2 is 2.17 bits per heavy atom. The summed E-state index contributed by atoms with van der Waals surface area (Å²) >= 11 is 5.93. The summed E-state index contributed by atoms with van der Waals surface area (Å²) in [5, 5.41) is 4.45. The largest absolute Gasteiger partial charge is 0.311 e. The molecule has 0 aliphatic heterocycles. The summed E-state index contributed by atoms with van der Waals surface area (Å²) in [4.78, 5) is 4.55. The molecule has 0 amide bonds. The van der Waals surface area contributed by atoms with E-state index in [-0.39, 0.29) is 0 Å². The molecule has 2 aromatic heterocycles. The molecule has 0 aromatic carbocycles. The minimum atomic E-state index is -0.826. The zero-order valence-electron chi connectivity index (χ0n) is 10.8. The van der Waals surface area contributed by atoms with Gasteiger partial charge < -0.3 is 4.57 Å². The fourth-order valence-electron chi connectivity index (χ4n) is 2.08. The first-order valence-corrected chi connectivity index (χ1v) is 8.11. The van der Waals surface area contributed by atoms with E-state index in [0.29, 0.717) is 18.2 Å². The van der Waals surface area contributed by atoms with Crippen molar-refractivity contribution in [2.45, 2.75) is 25.8 Å². The molecule has 1 atom stereocenters. The van der Waals surface area contributed by atoms with Crippen LogP contribution in [-0.2, 0) is 36.7 Å². The maximum absolute atomic E-state index is 11.2. The van der Waals surface area contributed by atoms with Crippen LogP contribution in [0.5, 0.6) is 0 Å². The second kappa shape index (κ2) is 5.40. The Morgan fingerprint density at radius 1 is 1.44 bits per heavy atom. The van der Waals surface area contributed by atoms with E-state index in [0.717, 1.165) is 29.1 Å². The van der Waals surface area contributed by atoms with Crippen molar-refractivity contribution in [3.63, 3.8) is 0 Å². The predicted molar refractivity (Wildman–Crippen MR) is 74.4 cm³/mol. The van der Waals surface area contributed by atoms with Crippen LogP contribution in [0.1, 0.15) is 18.4 Å². The molecule has 0 saturated heterocycles. The van der Waals surface area contributed by atoms with Crippen LogP contribution in [-0.4, -0.2) is 35.5 Å². The van der Waals surface area contributed by atoms with Gasteiger partial charge in [0, 0.05) is 36.4 Å². The van der Waals surface area contributed by atoms with Gasteiger partial charge in [-0.3, -0.25) is 8.89 Å². The summed E-state index contributed by atoms with van der Waals surface area (Å²) in [5.41, 5.74) is 2.86. The number of alkyl halides is 1. The molecule has 18 heavy (non-hydrogen) atoms. The quantitative estimate of drug-likeness (QED) is 0.783. The summed E-state index contributed by atoms with van der Waals surface area (Å²) in [5.74, 6) is 1.77. The Kier molecular flexibility index (Phi) is 4.07. The number of hydrogen-bond donors (Lipinski definition) is 0. The lowest BCUT2D eigenvalue weighted by Crippen LogP contribution is -2.11. The van der Waals surface area contributed by atoms with Crippen LogP contribution < -0.4 is 0 Å². The maximum Gasteiger partial charge on any atom is 0.158 e. The average molecular weight is 289 g/mol. The minimum absolute atomic E-state index is 0.355. The molecular formula is C11H17ClN4OS. The maximum atomic E-state index is 11.2. The van der Waals surface area contributed by atoms with Gasteiger partial charge in [-0.15, -0.1) is 11.6 Å². The van der Waals surface area contributed by atoms with Crippen molar-refractivity contribution in [2.24, 2.45) is 7.05 Å². The molecule has 1 unspecified atom stereocenters. The number of fused-ring (bicyclic) bond motifs is 1. The fraction of sp³-hybridized carbons (Fsp3) is 0.636. The molecule has 0 radical (unpaired) electrons. The van der Waals surface area contributed by atoms with Gasteiger partial charge in [-0.2, -0.15) is 5.10 Å². The molecule has 0 fully saturated rings. The molecule has 2 rings (SSSR count). The zero-order chi connectivity index (χ0) is 13.3. The highest BCUT2D eigenvalue weighted by atomic mass is 35.5. The summed E-state index contributed by atoms with van der Waals surface area (Å²) in [7, 11) is 1.08. The molecule has 0 aliphatic rings. The van der Waals surface area contributed by atoms with Gasteiger partial charge in [0.2, 0.25) is 0 Å². The molecule has 0 spiro atoms. The molecule has 7 heteroatoms. The van der Waals surface area contributed by atoms with Gasteiger partial charge in [0.15, 0.2) is 5.65 Å². The Hall–Kier alpha value is -0.880. The fourth-order valence-corrected chi connectivity index (χ4v) is 2.73. The summed E-state index contributed by atoms with van der Waals surface area (Å²) in [6.07, 6.45) is 2.55. The number of aryl methyl sites for hydroxylation is 3. The molecular weight excluding hydrogens is 272 g/mol. The van der Waals surface area contributed by atoms with E-state index in [1.807, 2.05) is 16.3 Å². The number of hydrogen-bond acceptors (Lipinski definition) is 3. The van der Waals surface area contributed by atoms with Gasteiger partial charge in [0.25, 0.3) is 0 Å². The first-order chi connectivity index (χ1) is 8.58. The second-order valence-electron chi connectivity index (χ2n) is 4.19. The SMILES string of the molecule is CCc1nn(C)c2c1nc(CCl)n2CCS(C)=O. The number of halogens is 1. The van der Waals surface area contributed by atoms with Crippen molar-refractivity contribution in [1.82, 2.24) is 19.3 Å². The molecule has 5 nitrogen and oxygen atoms in total. The summed E-state index contributed by atoms with van der Waals surface area (Å²) in [6, 6.07) is 0. The lowest BCUT2D eigenvalue weighted by Gasteiger charge is -2.06. The van der Waals surface area contributed by atoms with Crippen molar-refractivity contribution < 1.29 is 4.21 Å². The highest BCUT2D eigenvalue weighted by molar-refractivity contribution is 7.84. The lowest BCUT2D eigenvalue weighted by atomic mass is 10.3. The molecule has 0 saturated carbocycles. The van der Waals surface area contributed by atoms with Crippen LogP contribution >= 0.6 is 11.6 Å². The van der Waals surface area contributed by atoms with E-state index in [1.165, 1.54) is 0 Å². The highest BCUT2D eigenvalue weighted by Gasteiger charge is 2.17. The number of nitrogens with zero attached hydrogens (tertiary/aromatic N) is 4. The third-order valence-corrected chi connectivity index (χ3v) is 3.92. The average Bonchev–Trinajstić information content (AvgIpc) is 2.84. The van der Waals surface area contributed by atoms with Crippen LogP contribution in [0, 0.1) is 0 Å². The van der Waals surface area contributed by atoms with E-state index in [4.69, 9.17) is 11.6 Å². The monoisotopic (exact) mass is 288 g/mol. The van der Waals surface area contributed by atoms with Gasteiger partial charge >= 0.3 is 0 Å². The number of aromatic nitrogens is 4.